The van der Waals surface area contributed by atoms with Crippen LogP contribution in [0, 0.1) is 17.6 Å². The number of fused-ring (bicyclic) bond motifs is 2. The zero-order valence-electron chi connectivity index (χ0n) is 38.2. The zero-order chi connectivity index (χ0) is 49.7. The molecule has 0 radical (unpaired) electrons. The Morgan fingerprint density at radius 3 is 2.26 bits per heavy atom. The molecule has 0 bridgehead atoms. The Bertz CT molecular complexity index is 2490. The maximum absolute atomic E-state index is 15.9. The number of hydrogen-bond donors (Lipinski definition) is 3. The molecule has 5 amide bonds. The summed E-state index contributed by atoms with van der Waals surface area (Å²) in [6.45, 7) is 5.74. The second-order valence-electron chi connectivity index (χ2n) is 15.9. The van der Waals surface area contributed by atoms with Gasteiger partial charge in [0.1, 0.15) is 12.6 Å². The number of imide groups is 1. The number of likely N-dealkylation sites (tertiary alicyclic amines) is 1. The van der Waals surface area contributed by atoms with Gasteiger partial charge in [-0.2, -0.15) is 0 Å². The van der Waals surface area contributed by atoms with Gasteiger partial charge in [0.25, 0.3) is 0 Å². The van der Waals surface area contributed by atoms with Crippen LogP contribution in [0.3, 0.4) is 0 Å². The molecule has 0 spiro atoms. The minimum Gasteiger partial charge on any atom is -0.493 e. The van der Waals surface area contributed by atoms with Crippen molar-refractivity contribution in [3.8, 4) is 23.0 Å². The summed E-state index contributed by atoms with van der Waals surface area (Å²) >= 11 is 0.994. The Kier molecular flexibility index (Phi) is 18.5. The smallest absolute Gasteiger partial charge is 0.306 e. The lowest BCUT2D eigenvalue weighted by molar-refractivity contribution is -0.148. The van der Waals surface area contributed by atoms with Crippen molar-refractivity contribution < 1.29 is 75.9 Å². The van der Waals surface area contributed by atoms with Gasteiger partial charge in [-0.15, -0.1) is 17.9 Å². The molecule has 5 rings (SSSR count). The van der Waals surface area contributed by atoms with Crippen molar-refractivity contribution in [1.82, 2.24) is 20.4 Å². The average Bonchev–Trinajstić information content (AvgIpc) is 4.03. The number of carbonyl (C=O) groups is 8. The number of allylic oxidation sites excluding steroid dienone is 2. The van der Waals surface area contributed by atoms with Crippen LogP contribution in [0.1, 0.15) is 86.0 Å². The minimum absolute atomic E-state index is 0.0373. The fraction of sp³-hybridized carbons (Fsp3) is 0.447. The molecule has 2 aliphatic rings. The van der Waals surface area contributed by atoms with Crippen molar-refractivity contribution in [3.63, 3.8) is 0 Å². The van der Waals surface area contributed by atoms with Crippen molar-refractivity contribution in [2.75, 3.05) is 47.1 Å². The first-order valence-corrected chi connectivity index (χ1v) is 22.6. The minimum atomic E-state index is -1.11. The van der Waals surface area contributed by atoms with E-state index in [2.05, 4.69) is 17.2 Å². The van der Waals surface area contributed by atoms with Gasteiger partial charge in [-0.25, -0.2) is 8.78 Å². The number of Topliss-reactive ketones (excluding diaryl/α,β-unsaturated/α-hetero) is 1. The summed E-state index contributed by atoms with van der Waals surface area (Å²) in [5.41, 5.74) is 1.53. The highest BCUT2D eigenvalue weighted by Crippen LogP contribution is 2.41. The maximum atomic E-state index is 15.9. The molecule has 0 aliphatic carbocycles. The zero-order valence-corrected chi connectivity index (χ0v) is 39.0. The lowest BCUT2D eigenvalue weighted by Gasteiger charge is -2.16. The van der Waals surface area contributed by atoms with E-state index in [1.807, 2.05) is 0 Å². The third-order valence-electron chi connectivity index (χ3n) is 11.1. The van der Waals surface area contributed by atoms with Crippen LogP contribution in [0.2, 0.25) is 0 Å². The quantitative estimate of drug-likeness (QED) is 0.0310. The molecular formula is C47H54F2N4O14S. The Hall–Kier alpha value is -6.90. The number of nitrogens with one attached hydrogen (secondary N) is 2. The van der Waals surface area contributed by atoms with Crippen molar-refractivity contribution in [2.24, 2.45) is 5.92 Å². The van der Waals surface area contributed by atoms with Gasteiger partial charge in [0.15, 0.2) is 40.4 Å². The van der Waals surface area contributed by atoms with E-state index in [9.17, 15) is 38.4 Å². The number of methoxy groups -OCH3 is 2. The monoisotopic (exact) mass is 968 g/mol. The van der Waals surface area contributed by atoms with Gasteiger partial charge in [-0.1, -0.05) is 17.7 Å². The second-order valence-corrected chi connectivity index (χ2v) is 17.0. The van der Waals surface area contributed by atoms with Crippen LogP contribution >= 0.6 is 11.3 Å². The molecule has 366 valence electrons. The third kappa shape index (κ3) is 13.2. The van der Waals surface area contributed by atoms with Gasteiger partial charge >= 0.3 is 11.9 Å². The summed E-state index contributed by atoms with van der Waals surface area (Å²) in [5.74, 6) is -7.38. The molecule has 3 aromatic rings. The van der Waals surface area contributed by atoms with E-state index in [1.165, 1.54) is 38.2 Å². The predicted octanol–water partition coefficient (Wildman–Crippen LogP) is 5.17. The maximum Gasteiger partial charge on any atom is 0.306 e. The number of nitrogens with zero attached hydrogens (tertiary/aromatic N) is 2. The van der Waals surface area contributed by atoms with Crippen molar-refractivity contribution in [2.45, 2.75) is 84.4 Å². The normalized spacial score (nSPS) is 14.9. The number of carbonyl (C=O) groups excluding carboxylic acids is 7. The first-order chi connectivity index (χ1) is 32.5. The summed E-state index contributed by atoms with van der Waals surface area (Å²) in [4.78, 5) is 102. The van der Waals surface area contributed by atoms with Gasteiger partial charge in [0.05, 0.1) is 64.2 Å². The molecule has 1 saturated heterocycles. The van der Waals surface area contributed by atoms with Crippen LogP contribution in [-0.2, 0) is 51.4 Å². The number of benzene rings is 2. The molecule has 2 atom stereocenters. The molecule has 1 unspecified atom stereocenters. The standard InChI is InChI=1S/C47H54F2N4O14S/c1-6-8-10-27(7-2)29-19-40(58)53(47(29)62)25-38(56)51-22-37(55)50-21-26(3)67-42(61)14-11-32(54)36-18-30-35(68-36)20-34(64-5)46(43(30)48)66-16-9-15-65-45-33(63-4)17-28-23-52(24-31(28)44(45)49)39(57)12-13-41(59)60/h6-7,17-18,20,26,29H,1,8-16,19,21-25H2,2-5H3,(H,50,55)(H,51,56)(H,59,60)/b27-7+/t26-,29?/m0/s1. The molecule has 3 heterocycles. The number of halogens is 2. The van der Waals surface area contributed by atoms with Crippen LogP contribution in [0.4, 0.5) is 8.78 Å². The van der Waals surface area contributed by atoms with Crippen LogP contribution in [0.5, 0.6) is 23.0 Å². The van der Waals surface area contributed by atoms with Gasteiger partial charge in [-0.05, 0) is 44.4 Å². The molecule has 21 heteroatoms. The molecule has 0 saturated carbocycles. The molecule has 1 fully saturated rings. The van der Waals surface area contributed by atoms with Crippen LogP contribution in [0.25, 0.3) is 10.1 Å². The lowest BCUT2D eigenvalue weighted by atomic mass is 9.93. The van der Waals surface area contributed by atoms with Gasteiger partial charge in [-0.3, -0.25) is 43.3 Å². The molecule has 1 aromatic heterocycles. The number of esters is 1. The summed E-state index contributed by atoms with van der Waals surface area (Å²) < 4.78 is 59.3. The van der Waals surface area contributed by atoms with Crippen molar-refractivity contribution in [1.29, 1.82) is 0 Å². The van der Waals surface area contributed by atoms with E-state index in [0.29, 0.717) is 23.1 Å². The Labute approximate surface area is 394 Å². The first kappa shape index (κ1) is 52.1. The SMILES string of the molecule is C=CCC/C(=C\C)C1CC(=O)N(CC(=O)NCC(=O)NC[C@H](C)OC(=O)CCC(=O)c2cc3c(F)c(OCCCOc4c(OC)cc5c(c4F)CN(C(=O)CCC(=O)O)C5)c(OC)cc3s2)C1=O. The Morgan fingerprint density at radius 2 is 1.60 bits per heavy atom. The highest BCUT2D eigenvalue weighted by molar-refractivity contribution is 7.20. The highest BCUT2D eigenvalue weighted by atomic mass is 32.1. The van der Waals surface area contributed by atoms with Crippen molar-refractivity contribution in [3.05, 3.63) is 70.1 Å². The number of ketones is 1. The topological polar surface area (TPSA) is 233 Å². The highest BCUT2D eigenvalue weighted by Gasteiger charge is 2.41. The molecule has 18 nitrogen and oxygen atoms in total. The predicted molar refractivity (Wildman–Crippen MR) is 241 cm³/mol. The van der Waals surface area contributed by atoms with Crippen LogP contribution in [0.15, 0.2) is 42.5 Å². The van der Waals surface area contributed by atoms with Gasteiger partial charge in [0.2, 0.25) is 29.5 Å². The lowest BCUT2D eigenvalue weighted by Crippen LogP contribution is -2.45. The van der Waals surface area contributed by atoms with Crippen LogP contribution in [-0.4, -0.2) is 115 Å². The molecule has 2 aliphatic heterocycles. The number of carboxylic acid groups (broad SMARTS) is 1. The van der Waals surface area contributed by atoms with Crippen LogP contribution < -0.4 is 29.6 Å². The third-order valence-corrected chi connectivity index (χ3v) is 12.2. The summed E-state index contributed by atoms with van der Waals surface area (Å²) in [6, 6.07) is 4.42. The van der Waals surface area contributed by atoms with Gasteiger partial charge < -0.3 is 44.3 Å². The van der Waals surface area contributed by atoms with E-state index >= 15 is 8.78 Å². The van der Waals surface area contributed by atoms with E-state index in [-0.39, 0.29) is 110 Å². The Balaban J connectivity index is 1.04. The molecule has 3 N–H and O–H groups in total. The molecule has 2 aromatic carbocycles. The number of aliphatic carboxylic acids is 1. The van der Waals surface area contributed by atoms with E-state index in [1.54, 1.807) is 25.1 Å². The second kappa shape index (κ2) is 24.2. The van der Waals surface area contributed by atoms with Crippen molar-refractivity contribution >= 4 is 68.7 Å². The number of thiophene rings is 1. The fourth-order valence-corrected chi connectivity index (χ4v) is 8.57. The van der Waals surface area contributed by atoms with E-state index < -0.39 is 84.0 Å². The number of amides is 5. The first-order valence-electron chi connectivity index (χ1n) is 21.8. The number of ether oxygens (including phenoxy) is 5. The number of rotatable bonds is 26. The summed E-state index contributed by atoms with van der Waals surface area (Å²) in [7, 11) is 2.66. The largest absolute Gasteiger partial charge is 0.493 e. The van der Waals surface area contributed by atoms with E-state index in [4.69, 9.17) is 28.8 Å². The summed E-state index contributed by atoms with van der Waals surface area (Å²) in [5, 5.41) is 13.9. The number of hydrogen-bond acceptors (Lipinski definition) is 14. The van der Waals surface area contributed by atoms with E-state index in [0.717, 1.165) is 21.8 Å². The Morgan fingerprint density at radius 1 is 0.912 bits per heavy atom. The average molecular weight is 969 g/mol. The molecule has 68 heavy (non-hydrogen) atoms. The molecular weight excluding hydrogens is 915 g/mol. The summed E-state index contributed by atoms with van der Waals surface area (Å²) in [6.07, 6.45) is 2.90. The fourth-order valence-electron chi connectivity index (χ4n) is 7.52. The number of carboxylic acids is 1. The van der Waals surface area contributed by atoms with Gasteiger partial charge in [0, 0.05) is 60.5 Å².